The van der Waals surface area contributed by atoms with E-state index in [1.165, 1.54) is 11.1 Å². The van der Waals surface area contributed by atoms with Gasteiger partial charge in [-0.2, -0.15) is 0 Å². The SMILES string of the molecule is C=CCO[C@H]1[C@@H]2OC(C)(C)O[C@@H]2[C@H](O)CN1C=C(C(=O)OCC)C(=O)OCC. The van der Waals surface area contributed by atoms with E-state index < -0.39 is 42.3 Å². The molecule has 9 nitrogen and oxygen atoms in total. The fourth-order valence-corrected chi connectivity index (χ4v) is 3.20. The number of esters is 2. The lowest BCUT2D eigenvalue weighted by atomic mass is 10.00. The van der Waals surface area contributed by atoms with Crippen molar-refractivity contribution in [3.63, 3.8) is 0 Å². The molecule has 0 aromatic rings. The van der Waals surface area contributed by atoms with E-state index in [2.05, 4.69) is 6.58 Å². The zero-order valence-corrected chi connectivity index (χ0v) is 16.8. The second-order valence-corrected chi connectivity index (χ2v) is 6.83. The van der Waals surface area contributed by atoms with Gasteiger partial charge < -0.3 is 33.7 Å². The zero-order valence-electron chi connectivity index (χ0n) is 16.8. The van der Waals surface area contributed by atoms with Crippen molar-refractivity contribution in [3.8, 4) is 0 Å². The summed E-state index contributed by atoms with van der Waals surface area (Å²) < 4.78 is 27.5. The molecule has 2 heterocycles. The number of carbonyl (C=O) groups is 2. The molecule has 2 fully saturated rings. The van der Waals surface area contributed by atoms with Crippen molar-refractivity contribution in [1.82, 2.24) is 4.90 Å². The molecule has 0 unspecified atom stereocenters. The first kappa shape index (κ1) is 22.4. The van der Waals surface area contributed by atoms with Crippen molar-refractivity contribution in [2.45, 2.75) is 58.0 Å². The first-order valence-electron chi connectivity index (χ1n) is 9.32. The number of likely N-dealkylation sites (tertiary alicyclic amines) is 1. The van der Waals surface area contributed by atoms with Crippen molar-refractivity contribution in [3.05, 3.63) is 24.4 Å². The number of β-amino-alcohol motifs (C(OH)–C–C–N with tert-alkyl or cyclic N) is 1. The van der Waals surface area contributed by atoms with E-state index in [0.29, 0.717) is 0 Å². The van der Waals surface area contributed by atoms with E-state index in [1.54, 1.807) is 33.8 Å². The van der Waals surface area contributed by atoms with Gasteiger partial charge in [0.2, 0.25) is 0 Å². The van der Waals surface area contributed by atoms with Crippen LogP contribution < -0.4 is 0 Å². The molecule has 0 amide bonds. The van der Waals surface area contributed by atoms with Crippen LogP contribution in [0, 0.1) is 0 Å². The molecule has 0 saturated carbocycles. The zero-order chi connectivity index (χ0) is 20.9. The molecule has 0 bridgehead atoms. The molecule has 1 N–H and O–H groups in total. The van der Waals surface area contributed by atoms with Crippen LogP contribution in [0.4, 0.5) is 0 Å². The van der Waals surface area contributed by atoms with Crippen molar-refractivity contribution in [2.24, 2.45) is 0 Å². The Morgan fingerprint density at radius 1 is 1.18 bits per heavy atom. The third-order valence-corrected chi connectivity index (χ3v) is 4.22. The van der Waals surface area contributed by atoms with Gasteiger partial charge >= 0.3 is 11.9 Å². The summed E-state index contributed by atoms with van der Waals surface area (Å²) in [5, 5.41) is 10.5. The van der Waals surface area contributed by atoms with Gasteiger partial charge in [-0.3, -0.25) is 0 Å². The Labute approximate surface area is 164 Å². The van der Waals surface area contributed by atoms with E-state index in [9.17, 15) is 14.7 Å². The van der Waals surface area contributed by atoms with Crippen molar-refractivity contribution in [1.29, 1.82) is 0 Å². The Kier molecular flexibility index (Phi) is 7.59. The van der Waals surface area contributed by atoms with Crippen LogP contribution in [-0.2, 0) is 33.3 Å². The normalized spacial score (nSPS) is 28.2. The minimum absolute atomic E-state index is 0.0602. The summed E-state index contributed by atoms with van der Waals surface area (Å²) in [4.78, 5) is 26.1. The minimum Gasteiger partial charge on any atom is -0.462 e. The highest BCUT2D eigenvalue weighted by Gasteiger charge is 2.53. The van der Waals surface area contributed by atoms with E-state index in [4.69, 9.17) is 23.7 Å². The number of aliphatic hydroxyl groups excluding tert-OH is 1. The maximum absolute atomic E-state index is 12.3. The number of fused-ring (bicyclic) bond motifs is 1. The maximum Gasteiger partial charge on any atom is 0.347 e. The Morgan fingerprint density at radius 2 is 1.75 bits per heavy atom. The monoisotopic (exact) mass is 399 g/mol. The second-order valence-electron chi connectivity index (χ2n) is 6.83. The van der Waals surface area contributed by atoms with Gasteiger partial charge in [0, 0.05) is 12.7 Å². The summed E-state index contributed by atoms with van der Waals surface area (Å²) in [5.41, 5.74) is -0.292. The lowest BCUT2D eigenvalue weighted by Gasteiger charge is -2.42. The molecule has 28 heavy (non-hydrogen) atoms. The summed E-state index contributed by atoms with van der Waals surface area (Å²) in [6.07, 6.45) is -0.0220. The molecule has 0 spiro atoms. The number of carbonyl (C=O) groups excluding carboxylic acids is 2. The molecular weight excluding hydrogens is 370 g/mol. The van der Waals surface area contributed by atoms with Crippen LogP contribution in [0.2, 0.25) is 0 Å². The van der Waals surface area contributed by atoms with Crippen LogP contribution >= 0.6 is 0 Å². The topological polar surface area (TPSA) is 104 Å². The second kappa shape index (κ2) is 9.51. The summed E-state index contributed by atoms with van der Waals surface area (Å²) in [6.45, 7) is 10.9. The van der Waals surface area contributed by atoms with Gasteiger partial charge in [-0.05, 0) is 27.7 Å². The number of hydrogen-bond acceptors (Lipinski definition) is 9. The molecule has 158 valence electrons. The fraction of sp³-hybridized carbons (Fsp3) is 0.684. The molecule has 0 aromatic heterocycles. The molecule has 0 radical (unpaired) electrons. The van der Waals surface area contributed by atoms with E-state index in [0.717, 1.165) is 0 Å². The molecule has 2 aliphatic rings. The quantitative estimate of drug-likeness (QED) is 0.208. The van der Waals surface area contributed by atoms with Gasteiger partial charge in [0.05, 0.1) is 19.8 Å². The molecular formula is C19H29NO8. The van der Waals surface area contributed by atoms with Crippen LogP contribution in [0.1, 0.15) is 27.7 Å². The van der Waals surface area contributed by atoms with Crippen LogP contribution in [0.25, 0.3) is 0 Å². The van der Waals surface area contributed by atoms with Gasteiger partial charge in [0.1, 0.15) is 18.3 Å². The van der Waals surface area contributed by atoms with E-state index in [1.807, 2.05) is 0 Å². The van der Waals surface area contributed by atoms with Gasteiger partial charge in [0.25, 0.3) is 0 Å². The highest BCUT2D eigenvalue weighted by Crippen LogP contribution is 2.37. The number of ether oxygens (including phenoxy) is 5. The van der Waals surface area contributed by atoms with Crippen LogP contribution in [0.3, 0.4) is 0 Å². The number of aliphatic hydroxyl groups is 1. The Morgan fingerprint density at radius 3 is 2.29 bits per heavy atom. The number of hydrogen-bond donors (Lipinski definition) is 1. The lowest BCUT2D eigenvalue weighted by molar-refractivity contribution is -0.174. The first-order chi connectivity index (χ1) is 13.2. The van der Waals surface area contributed by atoms with Crippen LogP contribution in [0.5, 0.6) is 0 Å². The fourth-order valence-electron chi connectivity index (χ4n) is 3.20. The van der Waals surface area contributed by atoms with Crippen molar-refractivity contribution >= 4 is 11.9 Å². The lowest BCUT2D eigenvalue weighted by Crippen LogP contribution is -2.59. The summed E-state index contributed by atoms with van der Waals surface area (Å²) >= 11 is 0. The average molecular weight is 399 g/mol. The van der Waals surface area contributed by atoms with Crippen LogP contribution in [-0.4, -0.2) is 78.6 Å². The largest absolute Gasteiger partial charge is 0.462 e. The van der Waals surface area contributed by atoms with Crippen molar-refractivity contribution in [2.75, 3.05) is 26.4 Å². The Balaban J connectivity index is 2.37. The smallest absolute Gasteiger partial charge is 0.347 e. The molecule has 2 aliphatic heterocycles. The molecule has 0 aliphatic carbocycles. The van der Waals surface area contributed by atoms with Gasteiger partial charge in [-0.1, -0.05) is 6.08 Å². The first-order valence-corrected chi connectivity index (χ1v) is 9.32. The highest BCUT2D eigenvalue weighted by molar-refractivity contribution is 6.13. The van der Waals surface area contributed by atoms with Gasteiger partial charge in [0.15, 0.2) is 17.6 Å². The number of piperidine rings is 1. The summed E-state index contributed by atoms with van der Waals surface area (Å²) in [5.74, 6) is -2.54. The maximum atomic E-state index is 12.3. The molecule has 0 aromatic carbocycles. The van der Waals surface area contributed by atoms with E-state index >= 15 is 0 Å². The summed E-state index contributed by atoms with van der Waals surface area (Å²) in [6, 6.07) is 0. The van der Waals surface area contributed by atoms with Crippen LogP contribution in [0.15, 0.2) is 24.4 Å². The number of nitrogens with zero attached hydrogens (tertiary/aromatic N) is 1. The van der Waals surface area contributed by atoms with Gasteiger partial charge in [-0.15, -0.1) is 6.58 Å². The highest BCUT2D eigenvalue weighted by atomic mass is 16.8. The molecule has 2 rings (SSSR count). The van der Waals surface area contributed by atoms with Gasteiger partial charge in [-0.25, -0.2) is 9.59 Å². The van der Waals surface area contributed by atoms with Crippen molar-refractivity contribution < 1.29 is 38.4 Å². The minimum atomic E-state index is -0.919. The number of rotatable bonds is 8. The predicted molar refractivity (Wildman–Crippen MR) is 97.8 cm³/mol. The molecule has 9 heteroatoms. The average Bonchev–Trinajstić information content (AvgIpc) is 2.95. The molecule has 4 atom stereocenters. The summed E-state index contributed by atoms with van der Waals surface area (Å²) in [7, 11) is 0. The van der Waals surface area contributed by atoms with E-state index in [-0.39, 0.29) is 31.9 Å². The third-order valence-electron chi connectivity index (χ3n) is 4.22. The molecule has 2 saturated heterocycles. The predicted octanol–water partition coefficient (Wildman–Crippen LogP) is 0.722. The Bertz CT molecular complexity index is 597. The third kappa shape index (κ3) is 5.11. The Hall–Kier alpha value is -1.94. The standard InChI is InChI=1S/C19H29NO8/c1-6-9-26-16-15-14(27-19(4,5)28-15)13(21)11-20(16)10-12(17(22)24-7-2)18(23)25-8-3/h6,10,13-16,21H,1,7-9,11H2,2-5H3/t13-,14-,15-,16+/m1/s1.